The molecule has 0 aliphatic carbocycles. The van der Waals surface area contributed by atoms with Crippen LogP contribution >= 0.6 is 0 Å². The number of amides is 1. The van der Waals surface area contributed by atoms with Gasteiger partial charge in [-0.15, -0.1) is 0 Å². The van der Waals surface area contributed by atoms with Crippen molar-refractivity contribution < 1.29 is 37.5 Å². The summed E-state index contributed by atoms with van der Waals surface area (Å²) in [6.45, 7) is 3.87. The Morgan fingerprint density at radius 1 is 1.23 bits per heavy atom. The van der Waals surface area contributed by atoms with Crippen LogP contribution in [0.1, 0.15) is 47.7 Å². The summed E-state index contributed by atoms with van der Waals surface area (Å²) in [5, 5.41) is 10.2. The number of benzene rings is 2. The number of aryl methyl sites for hydroxylation is 1. The molecule has 2 aromatic rings. The Morgan fingerprint density at radius 3 is 2.72 bits per heavy atom. The number of nitrogens with zero attached hydrogens (tertiary/aromatic N) is 2. The van der Waals surface area contributed by atoms with Crippen molar-refractivity contribution in [3.05, 3.63) is 58.9 Å². The molecule has 1 fully saturated rings. The number of halogens is 1. The number of aliphatic hydroxyl groups is 1. The molecule has 0 spiro atoms. The zero-order chi connectivity index (χ0) is 28.2. The van der Waals surface area contributed by atoms with Crippen LogP contribution in [0.25, 0.3) is 6.08 Å². The Labute approximate surface area is 229 Å². The van der Waals surface area contributed by atoms with Gasteiger partial charge in [0.25, 0.3) is 0 Å². The molecular weight excluding hydrogens is 527 g/mol. The lowest BCUT2D eigenvalue weighted by atomic mass is 10.0. The Morgan fingerprint density at radius 2 is 2.03 bits per heavy atom. The molecule has 2 aliphatic rings. The summed E-state index contributed by atoms with van der Waals surface area (Å²) in [6, 6.07) is 6.96. The smallest absolute Gasteiger partial charge is 0.426 e. The highest BCUT2D eigenvalue weighted by Crippen LogP contribution is 2.38. The van der Waals surface area contributed by atoms with Gasteiger partial charge in [0.05, 0.1) is 37.0 Å². The van der Waals surface area contributed by atoms with Crippen LogP contribution < -0.4 is 9.04 Å². The summed E-state index contributed by atoms with van der Waals surface area (Å²) >= 11 is 0. The fourth-order valence-electron chi connectivity index (χ4n) is 4.81. The summed E-state index contributed by atoms with van der Waals surface area (Å²) in [7, 11) is 0.102. The molecule has 11 heteroatoms. The van der Waals surface area contributed by atoms with Crippen LogP contribution in [-0.4, -0.2) is 72.3 Å². The molecule has 2 heterocycles. The molecule has 0 saturated carbocycles. The molecule has 0 bridgehead atoms. The number of likely N-dealkylation sites (tertiary alicyclic amines) is 1. The van der Waals surface area contributed by atoms with E-state index in [9.17, 15) is 23.3 Å². The normalized spacial score (nSPS) is 20.1. The van der Waals surface area contributed by atoms with Crippen molar-refractivity contribution in [2.75, 3.05) is 44.8 Å². The predicted octanol–water partition coefficient (Wildman–Crippen LogP) is 4.09. The van der Waals surface area contributed by atoms with E-state index in [-0.39, 0.29) is 21.9 Å². The number of hydrogen-bond donors (Lipinski definition) is 1. The number of methoxy groups -OCH3 is 2. The summed E-state index contributed by atoms with van der Waals surface area (Å²) in [5.74, 6) is -1.02. The predicted molar refractivity (Wildman–Crippen MR) is 145 cm³/mol. The topological polar surface area (TPSA) is 106 Å². The summed E-state index contributed by atoms with van der Waals surface area (Å²) in [6.07, 6.45) is 5.40. The van der Waals surface area contributed by atoms with Crippen molar-refractivity contribution >= 4 is 34.8 Å². The second kappa shape index (κ2) is 12.3. The molecule has 210 valence electrons. The van der Waals surface area contributed by atoms with Gasteiger partial charge in [-0.1, -0.05) is 18.2 Å². The number of β-amino-alcohol motifs (C(OH)–C–C–N with tert-alkyl or cyclic N) is 1. The van der Waals surface area contributed by atoms with Gasteiger partial charge in [0.2, 0.25) is 0 Å². The first-order chi connectivity index (χ1) is 18.6. The van der Waals surface area contributed by atoms with Gasteiger partial charge in [-0.05, 0) is 68.0 Å². The van der Waals surface area contributed by atoms with Crippen LogP contribution in [0.5, 0.6) is 5.75 Å². The molecule has 39 heavy (non-hydrogen) atoms. The van der Waals surface area contributed by atoms with Crippen molar-refractivity contribution in [2.24, 2.45) is 0 Å². The molecule has 2 aliphatic heterocycles. The van der Waals surface area contributed by atoms with E-state index in [1.165, 1.54) is 25.3 Å². The van der Waals surface area contributed by atoms with Crippen LogP contribution in [0.2, 0.25) is 0 Å². The monoisotopic (exact) mass is 560 g/mol. The molecule has 0 aromatic heterocycles. The maximum absolute atomic E-state index is 14.3. The molecule has 1 N–H and O–H groups in total. The van der Waals surface area contributed by atoms with E-state index in [0.29, 0.717) is 44.6 Å². The fourth-order valence-corrected chi connectivity index (χ4v) is 6.06. The van der Waals surface area contributed by atoms with Gasteiger partial charge >= 0.3 is 12.1 Å². The third-order valence-corrected chi connectivity index (χ3v) is 8.20. The number of carbonyl (C=O) groups excluding carboxylic acids is 2. The van der Waals surface area contributed by atoms with Crippen LogP contribution in [0.4, 0.5) is 14.9 Å². The zero-order valence-electron chi connectivity index (χ0n) is 22.3. The van der Waals surface area contributed by atoms with Gasteiger partial charge in [0.1, 0.15) is 17.1 Å². The average molecular weight is 561 g/mol. The van der Waals surface area contributed by atoms with Gasteiger partial charge in [0, 0.05) is 19.6 Å². The van der Waals surface area contributed by atoms with Crippen LogP contribution in [-0.2, 0) is 26.9 Å². The van der Waals surface area contributed by atoms with Gasteiger partial charge < -0.3 is 19.3 Å². The third-order valence-electron chi connectivity index (χ3n) is 6.77. The second-order valence-electron chi connectivity index (χ2n) is 9.83. The van der Waals surface area contributed by atoms with Gasteiger partial charge in [0.15, 0.2) is 11.0 Å². The Bertz CT molecular complexity index is 1300. The maximum Gasteiger partial charge on any atom is 0.426 e. The fraction of sp³-hybridized carbons (Fsp3) is 0.429. The Kier molecular flexibility index (Phi) is 9.04. The highest BCUT2D eigenvalue weighted by Gasteiger charge is 2.34. The Hall–Kier alpha value is -3.28. The van der Waals surface area contributed by atoms with Crippen molar-refractivity contribution in [3.63, 3.8) is 0 Å². The highest BCUT2D eigenvalue weighted by molar-refractivity contribution is 7.87. The Balaban J connectivity index is 1.74. The lowest BCUT2D eigenvalue weighted by molar-refractivity contribution is 0.0596. The van der Waals surface area contributed by atoms with E-state index < -0.39 is 34.5 Å². The van der Waals surface area contributed by atoms with Crippen LogP contribution in [0, 0.1) is 5.82 Å². The molecule has 2 aromatic carbocycles. The largest absolute Gasteiger partial charge is 0.492 e. The molecular formula is C28H33FN2O7S. The number of carbonyl (C=O) groups is 2. The van der Waals surface area contributed by atoms with Crippen molar-refractivity contribution in [1.29, 1.82) is 0 Å². The summed E-state index contributed by atoms with van der Waals surface area (Å²) < 4.78 is 45.0. The molecule has 2 unspecified atom stereocenters. The number of hydrogen-bond acceptors (Lipinski definition) is 8. The van der Waals surface area contributed by atoms with Gasteiger partial charge in [-0.3, -0.25) is 4.90 Å². The highest BCUT2D eigenvalue weighted by atomic mass is 32.2. The standard InChI is InChI=1S/C28H33FN2O7S/c1-28(34)13-15-30(18-28)14-6-8-20-17-21(29)10-12-23(20)39(35)31(27(33)37-3)22-11-9-19-7-4-5-16-38-25(19)24(22)26(32)36-2/h6,8-12,17,34H,4-5,7,13-16,18H2,1-3H3. The maximum atomic E-state index is 14.3. The lowest BCUT2D eigenvalue weighted by Crippen LogP contribution is -2.34. The van der Waals surface area contributed by atoms with E-state index in [2.05, 4.69) is 0 Å². The van der Waals surface area contributed by atoms with Gasteiger partial charge in [-0.25, -0.2) is 18.2 Å². The number of rotatable bonds is 7. The molecule has 4 rings (SSSR count). The van der Waals surface area contributed by atoms with E-state index in [1.54, 1.807) is 25.1 Å². The number of esters is 1. The quantitative estimate of drug-likeness (QED) is 0.505. The third kappa shape index (κ3) is 6.48. The molecule has 9 nitrogen and oxygen atoms in total. The SMILES string of the molecule is COC(=O)c1c(N(C(=O)OC)S(=O)c2ccc(F)cc2C=CCN2CCC(C)(O)C2)ccc2c1OCCCC2. The van der Waals surface area contributed by atoms with Crippen LogP contribution in [0.3, 0.4) is 0 Å². The first-order valence-electron chi connectivity index (χ1n) is 12.7. The molecule has 1 saturated heterocycles. The van der Waals surface area contributed by atoms with E-state index in [4.69, 9.17) is 14.2 Å². The lowest BCUT2D eigenvalue weighted by Gasteiger charge is -2.24. The zero-order valence-corrected chi connectivity index (χ0v) is 23.1. The minimum atomic E-state index is -2.25. The van der Waals surface area contributed by atoms with Crippen molar-refractivity contribution in [1.82, 2.24) is 4.90 Å². The van der Waals surface area contributed by atoms with Crippen molar-refractivity contribution in [3.8, 4) is 5.75 Å². The number of fused-ring (bicyclic) bond motifs is 1. The second-order valence-corrected chi connectivity index (χ2v) is 11.1. The molecule has 2 atom stereocenters. The van der Waals surface area contributed by atoms with E-state index in [1.807, 2.05) is 4.90 Å². The molecule has 1 amide bonds. The summed E-state index contributed by atoms with van der Waals surface area (Å²) in [5.41, 5.74) is 0.273. The van der Waals surface area contributed by atoms with Gasteiger partial charge in [-0.2, -0.15) is 4.31 Å². The van der Waals surface area contributed by atoms with Crippen molar-refractivity contribution in [2.45, 2.75) is 43.1 Å². The average Bonchev–Trinajstić information content (AvgIpc) is 3.10. The molecule has 0 radical (unpaired) electrons. The minimum absolute atomic E-state index is 0.00811. The summed E-state index contributed by atoms with van der Waals surface area (Å²) in [4.78, 5) is 28.2. The van der Waals surface area contributed by atoms with E-state index >= 15 is 0 Å². The van der Waals surface area contributed by atoms with Crippen LogP contribution in [0.15, 0.2) is 41.3 Å². The van der Waals surface area contributed by atoms with E-state index in [0.717, 1.165) is 35.9 Å². The number of anilines is 1. The minimum Gasteiger partial charge on any atom is -0.492 e. The first kappa shape index (κ1) is 28.7. The number of ether oxygens (including phenoxy) is 3. The first-order valence-corrected chi connectivity index (χ1v) is 13.8.